The number of benzene rings is 3. The monoisotopic (exact) mass is 320 g/mol. The average Bonchev–Trinajstić information content (AvgIpc) is 2.61. The smallest absolute Gasteiger partial charge is 0.138 e. The summed E-state index contributed by atoms with van der Waals surface area (Å²) in [6.45, 7) is 1.29. The van der Waals surface area contributed by atoms with Crippen molar-refractivity contribution < 1.29 is 10.2 Å². The summed E-state index contributed by atoms with van der Waals surface area (Å²) in [6.07, 6.45) is 0. The molecule has 4 nitrogen and oxygen atoms in total. The molecule has 24 heavy (non-hydrogen) atoms. The van der Waals surface area contributed by atoms with Crippen molar-refractivity contribution in [2.75, 3.05) is 10.6 Å². The molecule has 0 aliphatic carbocycles. The second-order valence-corrected chi connectivity index (χ2v) is 5.56. The van der Waals surface area contributed by atoms with Crippen molar-refractivity contribution in [3.05, 3.63) is 83.9 Å². The van der Waals surface area contributed by atoms with Gasteiger partial charge in [0.15, 0.2) is 0 Å². The van der Waals surface area contributed by atoms with Crippen molar-refractivity contribution in [3.8, 4) is 11.5 Å². The lowest BCUT2D eigenvalue weighted by atomic mass is 10.1. The van der Waals surface area contributed by atoms with Gasteiger partial charge in [-0.15, -0.1) is 0 Å². The van der Waals surface area contributed by atoms with Crippen LogP contribution in [0.4, 0.5) is 11.4 Å². The Hall–Kier alpha value is -3.14. The molecule has 0 saturated heterocycles. The third-order valence-corrected chi connectivity index (χ3v) is 3.80. The van der Waals surface area contributed by atoms with Crippen LogP contribution in [0.15, 0.2) is 72.8 Å². The first kappa shape index (κ1) is 15.7. The maximum absolute atomic E-state index is 9.74. The molecule has 0 radical (unpaired) electrons. The summed E-state index contributed by atoms with van der Waals surface area (Å²) in [5.41, 5.74) is 3.71. The summed E-state index contributed by atoms with van der Waals surface area (Å²) in [6, 6.07) is 22.6. The molecule has 122 valence electrons. The number of phenolic OH excluding ortho intramolecular Hbond substituents is 2. The molecule has 0 bridgehead atoms. The van der Waals surface area contributed by atoms with Gasteiger partial charge in [0, 0.05) is 13.1 Å². The number of hydrogen-bond acceptors (Lipinski definition) is 4. The number of anilines is 2. The first-order valence-electron chi connectivity index (χ1n) is 7.84. The molecule has 3 rings (SSSR count). The van der Waals surface area contributed by atoms with Gasteiger partial charge in [-0.3, -0.25) is 0 Å². The quantitative estimate of drug-likeness (QED) is 0.511. The molecule has 0 unspecified atom stereocenters. The molecule has 4 heteroatoms. The van der Waals surface area contributed by atoms with E-state index < -0.39 is 0 Å². The minimum atomic E-state index is 0.251. The summed E-state index contributed by atoms with van der Waals surface area (Å²) in [4.78, 5) is 0. The molecule has 3 aromatic rings. The Bertz CT molecular complexity index is 732. The first-order valence-corrected chi connectivity index (χ1v) is 7.84. The van der Waals surface area contributed by atoms with Crippen molar-refractivity contribution >= 4 is 11.4 Å². The number of para-hydroxylation sites is 4. The third kappa shape index (κ3) is 3.98. The Kier molecular flexibility index (Phi) is 4.87. The van der Waals surface area contributed by atoms with Crippen molar-refractivity contribution in [3.63, 3.8) is 0 Å². The molecule has 0 fully saturated rings. The Morgan fingerprint density at radius 2 is 0.917 bits per heavy atom. The minimum absolute atomic E-state index is 0.251. The fourth-order valence-corrected chi connectivity index (χ4v) is 2.42. The third-order valence-electron chi connectivity index (χ3n) is 3.80. The topological polar surface area (TPSA) is 64.5 Å². The number of aromatic hydroxyl groups is 2. The van der Waals surface area contributed by atoms with Gasteiger partial charge in [0.25, 0.3) is 0 Å². The Morgan fingerprint density at radius 3 is 1.29 bits per heavy atom. The SMILES string of the molecule is Oc1ccccc1NCc1ccc(CNc2ccccc2O)cc1. The van der Waals surface area contributed by atoms with E-state index in [-0.39, 0.29) is 11.5 Å². The van der Waals surface area contributed by atoms with Crippen molar-refractivity contribution in [1.29, 1.82) is 0 Å². The highest BCUT2D eigenvalue weighted by Crippen LogP contribution is 2.23. The highest BCUT2D eigenvalue weighted by atomic mass is 16.3. The standard InChI is InChI=1S/C20H20N2O2/c23-19-7-3-1-5-17(19)21-13-15-9-11-16(12-10-15)14-22-18-6-2-4-8-20(18)24/h1-12,21-24H,13-14H2. The molecule has 0 aliphatic heterocycles. The van der Waals surface area contributed by atoms with Crippen LogP contribution in [0.2, 0.25) is 0 Å². The minimum Gasteiger partial charge on any atom is -0.506 e. The molecule has 0 atom stereocenters. The van der Waals surface area contributed by atoms with Gasteiger partial charge >= 0.3 is 0 Å². The maximum Gasteiger partial charge on any atom is 0.138 e. The lowest BCUT2D eigenvalue weighted by Gasteiger charge is -2.10. The van der Waals surface area contributed by atoms with E-state index in [1.54, 1.807) is 24.3 Å². The van der Waals surface area contributed by atoms with Gasteiger partial charge in [0.2, 0.25) is 0 Å². The number of phenols is 2. The number of rotatable bonds is 6. The van der Waals surface area contributed by atoms with Gasteiger partial charge in [0.05, 0.1) is 11.4 Å². The van der Waals surface area contributed by atoms with E-state index in [1.807, 2.05) is 24.3 Å². The largest absolute Gasteiger partial charge is 0.506 e. The molecule has 0 aromatic heterocycles. The molecular weight excluding hydrogens is 300 g/mol. The van der Waals surface area contributed by atoms with Crippen LogP contribution in [0, 0.1) is 0 Å². The molecule has 0 saturated carbocycles. The van der Waals surface area contributed by atoms with Crippen LogP contribution in [0.25, 0.3) is 0 Å². The molecule has 0 spiro atoms. The zero-order valence-corrected chi connectivity index (χ0v) is 13.2. The summed E-state index contributed by atoms with van der Waals surface area (Å²) in [5, 5.41) is 25.9. The summed E-state index contributed by atoms with van der Waals surface area (Å²) < 4.78 is 0. The zero-order chi connectivity index (χ0) is 16.8. The van der Waals surface area contributed by atoms with Gasteiger partial charge in [-0.2, -0.15) is 0 Å². The highest BCUT2D eigenvalue weighted by molar-refractivity contribution is 5.56. The van der Waals surface area contributed by atoms with E-state index in [4.69, 9.17) is 0 Å². The normalized spacial score (nSPS) is 10.3. The van der Waals surface area contributed by atoms with E-state index in [0.717, 1.165) is 22.5 Å². The van der Waals surface area contributed by atoms with E-state index in [1.165, 1.54) is 0 Å². The van der Waals surface area contributed by atoms with Crippen LogP contribution >= 0.6 is 0 Å². The lowest BCUT2D eigenvalue weighted by Crippen LogP contribution is -2.02. The van der Waals surface area contributed by atoms with Crippen LogP contribution in [-0.4, -0.2) is 10.2 Å². The molecular formula is C20H20N2O2. The summed E-state index contributed by atoms with van der Waals surface area (Å²) in [7, 11) is 0. The predicted molar refractivity (Wildman–Crippen MR) is 97.3 cm³/mol. The van der Waals surface area contributed by atoms with Gasteiger partial charge < -0.3 is 20.8 Å². The van der Waals surface area contributed by atoms with Gasteiger partial charge in [-0.25, -0.2) is 0 Å². The molecule has 0 aliphatic rings. The van der Waals surface area contributed by atoms with Crippen LogP contribution < -0.4 is 10.6 Å². The molecule has 4 N–H and O–H groups in total. The number of nitrogens with one attached hydrogen (secondary N) is 2. The van der Waals surface area contributed by atoms with Gasteiger partial charge in [-0.1, -0.05) is 48.5 Å². The Morgan fingerprint density at radius 1 is 0.542 bits per heavy atom. The Labute approximate surface area is 141 Å². The fourth-order valence-electron chi connectivity index (χ4n) is 2.42. The van der Waals surface area contributed by atoms with Crippen LogP contribution in [0.1, 0.15) is 11.1 Å². The fraction of sp³-hybridized carbons (Fsp3) is 0.100. The van der Waals surface area contributed by atoms with Gasteiger partial charge in [-0.05, 0) is 35.4 Å². The van der Waals surface area contributed by atoms with Crippen LogP contribution in [0.5, 0.6) is 11.5 Å². The van der Waals surface area contributed by atoms with E-state index in [2.05, 4.69) is 34.9 Å². The van der Waals surface area contributed by atoms with Gasteiger partial charge in [0.1, 0.15) is 11.5 Å². The Balaban J connectivity index is 1.55. The van der Waals surface area contributed by atoms with Crippen LogP contribution in [-0.2, 0) is 13.1 Å². The number of hydrogen-bond donors (Lipinski definition) is 4. The maximum atomic E-state index is 9.74. The molecule has 0 heterocycles. The van der Waals surface area contributed by atoms with Crippen molar-refractivity contribution in [2.24, 2.45) is 0 Å². The average molecular weight is 320 g/mol. The van der Waals surface area contributed by atoms with Crippen LogP contribution in [0.3, 0.4) is 0 Å². The van der Waals surface area contributed by atoms with Crippen molar-refractivity contribution in [1.82, 2.24) is 0 Å². The first-order chi connectivity index (χ1) is 11.7. The summed E-state index contributed by atoms with van der Waals surface area (Å²) >= 11 is 0. The second kappa shape index (κ2) is 7.42. The molecule has 0 amide bonds. The highest BCUT2D eigenvalue weighted by Gasteiger charge is 2.01. The zero-order valence-electron chi connectivity index (χ0n) is 13.2. The predicted octanol–water partition coefficient (Wildman–Crippen LogP) is 4.32. The lowest BCUT2D eigenvalue weighted by molar-refractivity contribution is 0.476. The second-order valence-electron chi connectivity index (χ2n) is 5.56. The van der Waals surface area contributed by atoms with Crippen molar-refractivity contribution in [2.45, 2.75) is 13.1 Å². The van der Waals surface area contributed by atoms with E-state index >= 15 is 0 Å². The molecule has 3 aromatic carbocycles. The van der Waals surface area contributed by atoms with E-state index in [9.17, 15) is 10.2 Å². The summed E-state index contributed by atoms with van der Waals surface area (Å²) in [5.74, 6) is 0.502. The van der Waals surface area contributed by atoms with E-state index in [0.29, 0.717) is 13.1 Å².